The fourth-order valence-corrected chi connectivity index (χ4v) is 4.04. The van der Waals surface area contributed by atoms with E-state index in [0.29, 0.717) is 10.2 Å². The Kier molecular flexibility index (Phi) is 3.88. The van der Waals surface area contributed by atoms with Gasteiger partial charge in [-0.25, -0.2) is 18.2 Å². The lowest BCUT2D eigenvalue weighted by Gasteiger charge is -2.08. The van der Waals surface area contributed by atoms with Gasteiger partial charge < -0.3 is 5.11 Å². The van der Waals surface area contributed by atoms with Crippen molar-refractivity contribution in [1.29, 1.82) is 0 Å². The van der Waals surface area contributed by atoms with Crippen LogP contribution in [-0.4, -0.2) is 24.5 Å². The Morgan fingerprint density at radius 2 is 2.05 bits per heavy atom. The van der Waals surface area contributed by atoms with Crippen molar-refractivity contribution in [1.82, 2.24) is 4.98 Å². The molecule has 0 atom stereocenters. The molecule has 0 spiro atoms. The molecule has 0 aliphatic heterocycles. The van der Waals surface area contributed by atoms with Crippen LogP contribution in [0.15, 0.2) is 38.5 Å². The molecule has 9 heteroatoms. The van der Waals surface area contributed by atoms with Gasteiger partial charge in [0, 0.05) is 4.47 Å². The summed E-state index contributed by atoms with van der Waals surface area (Å²) in [4.78, 5) is 14.4. The van der Waals surface area contributed by atoms with Crippen molar-refractivity contribution in [2.75, 3.05) is 4.72 Å². The minimum absolute atomic E-state index is 0.323. The summed E-state index contributed by atoms with van der Waals surface area (Å²) < 4.78 is 26.8. The smallest absolute Gasteiger partial charge is 0.356 e. The average molecular weight is 363 g/mol. The number of thiazole rings is 1. The first kappa shape index (κ1) is 14.0. The predicted molar refractivity (Wildman–Crippen MR) is 74.0 cm³/mol. The predicted octanol–water partition coefficient (Wildman–Crippen LogP) is 2.40. The van der Waals surface area contributed by atoms with Crippen LogP contribution in [0.25, 0.3) is 0 Å². The molecule has 0 saturated heterocycles. The van der Waals surface area contributed by atoms with Gasteiger partial charge in [-0.1, -0.05) is 12.1 Å². The normalized spacial score (nSPS) is 11.2. The van der Waals surface area contributed by atoms with Gasteiger partial charge in [-0.2, -0.15) is 0 Å². The number of carboxylic acids is 1. The summed E-state index contributed by atoms with van der Waals surface area (Å²) in [5.74, 6) is -1.38. The van der Waals surface area contributed by atoms with Crippen LogP contribution in [0.3, 0.4) is 0 Å². The molecule has 0 aliphatic rings. The van der Waals surface area contributed by atoms with E-state index >= 15 is 0 Å². The number of aromatic nitrogens is 1. The van der Waals surface area contributed by atoms with Crippen LogP contribution >= 0.6 is 27.3 Å². The van der Waals surface area contributed by atoms with Gasteiger partial charge in [-0.3, -0.25) is 4.72 Å². The fourth-order valence-electron chi connectivity index (χ4n) is 1.30. The summed E-state index contributed by atoms with van der Waals surface area (Å²) >= 11 is 3.96. The zero-order valence-electron chi connectivity index (χ0n) is 9.20. The number of nitrogens with one attached hydrogen (secondary N) is 1. The van der Waals surface area contributed by atoms with Crippen LogP contribution in [0, 0.1) is 0 Å². The molecule has 2 aromatic rings. The van der Waals surface area contributed by atoms with Gasteiger partial charge in [-0.15, -0.1) is 11.3 Å². The van der Waals surface area contributed by atoms with Gasteiger partial charge in [0.25, 0.3) is 10.0 Å². The monoisotopic (exact) mass is 362 g/mol. The highest BCUT2D eigenvalue weighted by atomic mass is 79.9. The minimum Gasteiger partial charge on any atom is -0.476 e. The van der Waals surface area contributed by atoms with E-state index in [1.54, 1.807) is 24.3 Å². The number of benzene rings is 1. The molecule has 0 amide bonds. The third-order valence-electron chi connectivity index (χ3n) is 2.10. The van der Waals surface area contributed by atoms with Gasteiger partial charge in [0.2, 0.25) is 0 Å². The number of carboxylic acid groups (broad SMARTS) is 1. The van der Waals surface area contributed by atoms with Crippen molar-refractivity contribution in [2.45, 2.75) is 4.21 Å². The molecule has 100 valence electrons. The van der Waals surface area contributed by atoms with Crippen molar-refractivity contribution in [3.63, 3.8) is 0 Å². The molecular weight excluding hydrogens is 356 g/mol. The lowest BCUT2D eigenvalue weighted by atomic mass is 10.3. The summed E-state index contributed by atoms with van der Waals surface area (Å²) in [7, 11) is -3.97. The number of sulfonamides is 1. The van der Waals surface area contributed by atoms with Crippen molar-refractivity contribution in [2.24, 2.45) is 0 Å². The largest absolute Gasteiger partial charge is 0.476 e. The van der Waals surface area contributed by atoms with E-state index in [1.807, 2.05) is 0 Å². The number of hydrogen-bond acceptors (Lipinski definition) is 5. The summed E-state index contributed by atoms with van der Waals surface area (Å²) in [6.07, 6.45) is 0. The SMILES string of the molecule is O=C(O)c1ncsc1S(=O)(=O)Nc1ccccc1Br. The number of carbonyl (C=O) groups is 1. The molecule has 0 bridgehead atoms. The number of rotatable bonds is 4. The minimum atomic E-state index is -3.97. The molecule has 0 fully saturated rings. The number of halogens is 1. The van der Waals surface area contributed by atoms with Gasteiger partial charge in [0.15, 0.2) is 9.90 Å². The second kappa shape index (κ2) is 5.27. The Bertz CT molecular complexity index is 727. The van der Waals surface area contributed by atoms with Crippen molar-refractivity contribution >= 4 is 48.9 Å². The highest BCUT2D eigenvalue weighted by Gasteiger charge is 2.26. The molecule has 0 saturated carbocycles. The number of hydrogen-bond donors (Lipinski definition) is 2. The average Bonchev–Trinajstić information content (AvgIpc) is 2.82. The molecular formula is C10H7BrN2O4S2. The zero-order chi connectivity index (χ0) is 14.0. The van der Waals surface area contributed by atoms with E-state index in [0.717, 1.165) is 11.3 Å². The number of para-hydroxylation sites is 1. The summed E-state index contributed by atoms with van der Waals surface area (Å²) in [5.41, 5.74) is 1.02. The Morgan fingerprint density at radius 3 is 2.68 bits per heavy atom. The van der Waals surface area contributed by atoms with E-state index in [1.165, 1.54) is 5.51 Å². The van der Waals surface area contributed by atoms with Crippen LogP contribution in [0.2, 0.25) is 0 Å². The first-order chi connectivity index (χ1) is 8.92. The van der Waals surface area contributed by atoms with E-state index in [2.05, 4.69) is 25.6 Å². The lowest BCUT2D eigenvalue weighted by Crippen LogP contribution is -2.15. The summed E-state index contributed by atoms with van der Waals surface area (Å²) in [5, 5.41) is 8.88. The van der Waals surface area contributed by atoms with Gasteiger partial charge in [0.1, 0.15) is 0 Å². The Balaban J connectivity index is 2.41. The number of anilines is 1. The molecule has 2 N–H and O–H groups in total. The topological polar surface area (TPSA) is 96.4 Å². The van der Waals surface area contributed by atoms with Crippen LogP contribution in [0.5, 0.6) is 0 Å². The molecule has 19 heavy (non-hydrogen) atoms. The van der Waals surface area contributed by atoms with E-state index in [-0.39, 0.29) is 4.21 Å². The highest BCUT2D eigenvalue weighted by Crippen LogP contribution is 2.27. The molecule has 0 aliphatic carbocycles. The molecule has 0 radical (unpaired) electrons. The molecule has 1 aromatic carbocycles. The quantitative estimate of drug-likeness (QED) is 0.870. The van der Waals surface area contributed by atoms with Gasteiger partial charge >= 0.3 is 5.97 Å². The molecule has 1 aromatic heterocycles. The first-order valence-electron chi connectivity index (χ1n) is 4.86. The Hall–Kier alpha value is -1.45. The first-order valence-corrected chi connectivity index (χ1v) is 8.01. The summed E-state index contributed by atoms with van der Waals surface area (Å²) in [6.45, 7) is 0. The van der Waals surface area contributed by atoms with Crippen LogP contribution in [0.1, 0.15) is 10.5 Å². The second-order valence-electron chi connectivity index (χ2n) is 3.38. The second-order valence-corrected chi connectivity index (χ2v) is 6.97. The maximum absolute atomic E-state index is 12.1. The highest BCUT2D eigenvalue weighted by molar-refractivity contribution is 9.10. The fraction of sp³-hybridized carbons (Fsp3) is 0. The van der Waals surface area contributed by atoms with Crippen molar-refractivity contribution < 1.29 is 18.3 Å². The maximum atomic E-state index is 12.1. The lowest BCUT2D eigenvalue weighted by molar-refractivity contribution is 0.0687. The molecule has 6 nitrogen and oxygen atoms in total. The van der Waals surface area contributed by atoms with Crippen LogP contribution < -0.4 is 4.72 Å². The molecule has 0 unspecified atom stereocenters. The van der Waals surface area contributed by atoms with Gasteiger partial charge in [-0.05, 0) is 28.1 Å². The van der Waals surface area contributed by atoms with Crippen LogP contribution in [0.4, 0.5) is 5.69 Å². The number of nitrogens with zero attached hydrogens (tertiary/aromatic N) is 1. The van der Waals surface area contributed by atoms with E-state index in [9.17, 15) is 13.2 Å². The Morgan fingerprint density at radius 1 is 1.37 bits per heavy atom. The molecule has 1 heterocycles. The molecule has 2 rings (SSSR count). The third kappa shape index (κ3) is 2.94. The summed E-state index contributed by atoms with van der Waals surface area (Å²) in [6, 6.07) is 6.62. The zero-order valence-corrected chi connectivity index (χ0v) is 12.4. The van der Waals surface area contributed by atoms with Gasteiger partial charge in [0.05, 0.1) is 11.2 Å². The van der Waals surface area contributed by atoms with Crippen LogP contribution in [-0.2, 0) is 10.0 Å². The van der Waals surface area contributed by atoms with E-state index in [4.69, 9.17) is 5.11 Å². The third-order valence-corrected chi connectivity index (χ3v) is 5.53. The standard InChI is InChI=1S/C10H7BrN2O4S2/c11-6-3-1-2-4-7(6)13-19(16,17)10-8(9(14)15)12-5-18-10/h1-5,13H,(H,14,15). The van der Waals surface area contributed by atoms with E-state index < -0.39 is 21.7 Å². The van der Waals surface area contributed by atoms with Crippen molar-refractivity contribution in [3.8, 4) is 0 Å². The van der Waals surface area contributed by atoms with Crippen molar-refractivity contribution in [3.05, 3.63) is 39.9 Å². The number of aromatic carboxylic acids is 1. The Labute approximate surface area is 121 Å². The maximum Gasteiger partial charge on any atom is 0.356 e.